The summed E-state index contributed by atoms with van der Waals surface area (Å²) in [7, 11) is -2.66. The quantitative estimate of drug-likeness (QED) is 0.293. The van der Waals surface area contributed by atoms with E-state index in [1.54, 1.807) is 56.5 Å². The van der Waals surface area contributed by atoms with E-state index in [2.05, 4.69) is 5.32 Å². The number of benzene rings is 3. The molecular formula is C29H33Cl2N3O5S. The van der Waals surface area contributed by atoms with Crippen LogP contribution in [-0.4, -0.2) is 50.9 Å². The predicted octanol–water partition coefficient (Wildman–Crippen LogP) is 5.53. The molecule has 40 heavy (non-hydrogen) atoms. The van der Waals surface area contributed by atoms with Crippen LogP contribution in [0.1, 0.15) is 32.8 Å². The van der Waals surface area contributed by atoms with E-state index in [1.807, 2.05) is 13.8 Å². The van der Waals surface area contributed by atoms with Gasteiger partial charge in [-0.3, -0.25) is 13.9 Å². The minimum atomic E-state index is -4.22. The summed E-state index contributed by atoms with van der Waals surface area (Å²) in [5, 5.41) is 3.32. The number of hydrogen-bond acceptors (Lipinski definition) is 5. The highest BCUT2D eigenvalue weighted by Crippen LogP contribution is 2.30. The van der Waals surface area contributed by atoms with Crippen LogP contribution in [0.3, 0.4) is 0 Å². The third-order valence-electron chi connectivity index (χ3n) is 6.43. The third kappa shape index (κ3) is 7.90. The zero-order valence-corrected chi connectivity index (χ0v) is 25.1. The average Bonchev–Trinajstić information content (AvgIpc) is 2.94. The van der Waals surface area contributed by atoms with Crippen molar-refractivity contribution in [3.05, 3.63) is 88.4 Å². The molecule has 8 nitrogen and oxygen atoms in total. The standard InChI is InChI=1S/C29H33Cl2N3O5S/c1-5-20(2)32-29(36)21(3)33(18-22-11-13-26(39-4)14-12-22)28(35)19-34(25-16-23(30)15-24(31)17-25)40(37,38)27-9-7-6-8-10-27/h6-17,20-21H,5,18-19H2,1-4H3,(H,32,36)/t20-,21-/m0/s1. The van der Waals surface area contributed by atoms with Crippen LogP contribution in [-0.2, 0) is 26.2 Å². The van der Waals surface area contributed by atoms with Gasteiger partial charge in [-0.05, 0) is 68.3 Å². The van der Waals surface area contributed by atoms with E-state index in [9.17, 15) is 18.0 Å². The number of anilines is 1. The van der Waals surface area contributed by atoms with E-state index in [0.29, 0.717) is 12.2 Å². The Hall–Kier alpha value is -3.27. The van der Waals surface area contributed by atoms with Crippen LogP contribution in [0.25, 0.3) is 0 Å². The fourth-order valence-corrected chi connectivity index (χ4v) is 5.84. The number of sulfonamides is 1. The summed E-state index contributed by atoms with van der Waals surface area (Å²) in [6, 6.07) is 18.2. The van der Waals surface area contributed by atoms with Gasteiger partial charge in [-0.2, -0.15) is 0 Å². The Balaban J connectivity index is 2.04. The highest BCUT2D eigenvalue weighted by Gasteiger charge is 2.33. The zero-order valence-electron chi connectivity index (χ0n) is 22.8. The molecule has 11 heteroatoms. The second kappa shape index (κ2) is 13.9. The lowest BCUT2D eigenvalue weighted by atomic mass is 10.1. The van der Waals surface area contributed by atoms with Crippen molar-refractivity contribution in [1.29, 1.82) is 0 Å². The minimum absolute atomic E-state index is 0.0110. The number of amides is 2. The van der Waals surface area contributed by atoms with Crippen LogP contribution in [0.5, 0.6) is 5.75 Å². The molecule has 1 N–H and O–H groups in total. The van der Waals surface area contributed by atoms with Gasteiger partial charge in [0.15, 0.2) is 0 Å². The molecule has 0 bridgehead atoms. The van der Waals surface area contributed by atoms with Gasteiger partial charge in [-0.25, -0.2) is 8.42 Å². The van der Waals surface area contributed by atoms with Crippen LogP contribution < -0.4 is 14.4 Å². The van der Waals surface area contributed by atoms with Gasteiger partial charge < -0.3 is 15.0 Å². The molecule has 0 aliphatic heterocycles. The van der Waals surface area contributed by atoms with Crippen molar-refractivity contribution in [3.8, 4) is 5.75 Å². The van der Waals surface area contributed by atoms with E-state index in [-0.39, 0.29) is 39.1 Å². The normalized spacial score (nSPS) is 12.8. The number of nitrogens with zero attached hydrogens (tertiary/aromatic N) is 2. The summed E-state index contributed by atoms with van der Waals surface area (Å²) in [5.41, 5.74) is 0.858. The first-order chi connectivity index (χ1) is 19.0. The molecule has 0 heterocycles. The van der Waals surface area contributed by atoms with E-state index < -0.39 is 28.5 Å². The lowest BCUT2D eigenvalue weighted by Crippen LogP contribution is -2.52. The molecule has 3 aromatic carbocycles. The second-order valence-corrected chi connectivity index (χ2v) is 12.1. The first kappa shape index (κ1) is 31.3. The number of halogens is 2. The molecule has 2 amide bonds. The Morgan fingerprint density at radius 1 is 0.950 bits per heavy atom. The van der Waals surface area contributed by atoms with Gasteiger partial charge in [0.2, 0.25) is 11.8 Å². The largest absolute Gasteiger partial charge is 0.497 e. The van der Waals surface area contributed by atoms with E-state index in [0.717, 1.165) is 9.87 Å². The van der Waals surface area contributed by atoms with Gasteiger partial charge in [-0.1, -0.05) is 60.5 Å². The first-order valence-electron chi connectivity index (χ1n) is 12.7. The zero-order chi connectivity index (χ0) is 29.4. The Morgan fingerprint density at radius 3 is 2.10 bits per heavy atom. The molecule has 0 spiro atoms. The molecule has 0 saturated carbocycles. The maximum Gasteiger partial charge on any atom is 0.264 e. The fraction of sp³-hybridized carbons (Fsp3) is 0.310. The second-order valence-electron chi connectivity index (χ2n) is 9.32. The summed E-state index contributed by atoms with van der Waals surface area (Å²) in [6.07, 6.45) is 0.712. The van der Waals surface area contributed by atoms with Crippen molar-refractivity contribution in [2.75, 3.05) is 18.0 Å². The highest BCUT2D eigenvalue weighted by molar-refractivity contribution is 7.92. The lowest BCUT2D eigenvalue weighted by molar-refractivity contribution is -0.139. The smallest absolute Gasteiger partial charge is 0.264 e. The maximum atomic E-state index is 14.0. The van der Waals surface area contributed by atoms with Crippen molar-refractivity contribution in [3.63, 3.8) is 0 Å². The Kier molecular flexibility index (Phi) is 10.8. The molecule has 214 valence electrons. The molecule has 0 radical (unpaired) electrons. The molecule has 0 saturated heterocycles. The molecule has 0 aromatic heterocycles. The van der Waals surface area contributed by atoms with Crippen LogP contribution in [0.2, 0.25) is 10.0 Å². The van der Waals surface area contributed by atoms with Crippen molar-refractivity contribution in [2.45, 2.75) is 50.7 Å². The Labute approximate surface area is 245 Å². The minimum Gasteiger partial charge on any atom is -0.497 e. The van der Waals surface area contributed by atoms with E-state index in [4.69, 9.17) is 27.9 Å². The molecule has 3 rings (SSSR count). The van der Waals surface area contributed by atoms with Gasteiger partial charge in [-0.15, -0.1) is 0 Å². The number of nitrogens with one attached hydrogen (secondary N) is 1. The molecule has 0 aliphatic rings. The van der Waals surface area contributed by atoms with Gasteiger partial charge in [0.25, 0.3) is 10.0 Å². The topological polar surface area (TPSA) is 96.0 Å². The van der Waals surface area contributed by atoms with Gasteiger partial charge in [0.1, 0.15) is 18.3 Å². The molecule has 0 unspecified atom stereocenters. The average molecular weight is 607 g/mol. The van der Waals surface area contributed by atoms with Crippen molar-refractivity contribution in [1.82, 2.24) is 10.2 Å². The summed E-state index contributed by atoms with van der Waals surface area (Å²) in [6.45, 7) is 4.90. The van der Waals surface area contributed by atoms with Crippen molar-refractivity contribution < 1.29 is 22.7 Å². The van der Waals surface area contributed by atoms with Gasteiger partial charge in [0.05, 0.1) is 17.7 Å². The predicted molar refractivity (Wildman–Crippen MR) is 158 cm³/mol. The fourth-order valence-electron chi connectivity index (χ4n) is 3.91. The Morgan fingerprint density at radius 2 is 1.55 bits per heavy atom. The van der Waals surface area contributed by atoms with Crippen LogP contribution in [0.4, 0.5) is 5.69 Å². The van der Waals surface area contributed by atoms with Crippen molar-refractivity contribution in [2.24, 2.45) is 0 Å². The Bertz CT molecular complexity index is 1400. The summed E-state index contributed by atoms with van der Waals surface area (Å²) < 4.78 is 33.8. The van der Waals surface area contributed by atoms with E-state index >= 15 is 0 Å². The van der Waals surface area contributed by atoms with Crippen LogP contribution in [0.15, 0.2) is 77.7 Å². The maximum absolute atomic E-state index is 14.0. The van der Waals surface area contributed by atoms with E-state index in [1.165, 1.54) is 35.2 Å². The molecule has 3 aromatic rings. The molecule has 0 fully saturated rings. The monoisotopic (exact) mass is 605 g/mol. The third-order valence-corrected chi connectivity index (χ3v) is 8.65. The van der Waals surface area contributed by atoms with Crippen LogP contribution in [0, 0.1) is 0 Å². The van der Waals surface area contributed by atoms with Gasteiger partial charge >= 0.3 is 0 Å². The molecule has 2 atom stereocenters. The number of carbonyl (C=O) groups is 2. The molecule has 0 aliphatic carbocycles. The number of rotatable bonds is 12. The summed E-state index contributed by atoms with van der Waals surface area (Å²) in [5.74, 6) is -0.292. The van der Waals surface area contributed by atoms with Gasteiger partial charge in [0, 0.05) is 22.6 Å². The number of carbonyl (C=O) groups excluding carboxylic acids is 2. The van der Waals surface area contributed by atoms with Crippen LogP contribution >= 0.6 is 23.2 Å². The summed E-state index contributed by atoms with van der Waals surface area (Å²) >= 11 is 12.4. The number of ether oxygens (including phenoxy) is 1. The van der Waals surface area contributed by atoms with Crippen molar-refractivity contribution >= 4 is 50.7 Å². The SMILES string of the molecule is CC[C@H](C)NC(=O)[C@H](C)N(Cc1ccc(OC)cc1)C(=O)CN(c1cc(Cl)cc(Cl)c1)S(=O)(=O)c1ccccc1. The number of methoxy groups -OCH3 is 1. The first-order valence-corrected chi connectivity index (χ1v) is 14.9. The number of hydrogen-bond donors (Lipinski definition) is 1. The lowest BCUT2D eigenvalue weighted by Gasteiger charge is -2.32. The molecular weight excluding hydrogens is 573 g/mol. The highest BCUT2D eigenvalue weighted by atomic mass is 35.5. The summed E-state index contributed by atoms with van der Waals surface area (Å²) in [4.78, 5) is 28.4.